The first-order chi connectivity index (χ1) is 15.7. The Bertz CT molecular complexity index is 1170. The molecule has 0 spiro atoms. The van der Waals surface area contributed by atoms with Crippen LogP contribution < -0.4 is 21.1 Å². The number of amides is 2. The third-order valence-electron chi connectivity index (χ3n) is 4.40. The number of aromatic nitrogens is 1. The average Bonchev–Trinajstić information content (AvgIpc) is 3.14. The quantitative estimate of drug-likeness (QED) is 0.414. The van der Waals surface area contributed by atoms with Crippen molar-refractivity contribution >= 4 is 66.8 Å². The largest absolute Gasteiger partial charge is 0.409 e. The normalized spacial score (nSPS) is 16.3. The topological polar surface area (TPSA) is 86.4 Å². The van der Waals surface area contributed by atoms with Gasteiger partial charge in [0.15, 0.2) is 5.82 Å². The average molecular weight is 626 g/mol. The molecule has 2 aromatic rings. The van der Waals surface area contributed by atoms with E-state index in [0.29, 0.717) is 8.95 Å². The molecule has 7 nitrogen and oxygen atoms in total. The second kappa shape index (κ2) is 9.84. The van der Waals surface area contributed by atoms with E-state index in [1.54, 1.807) is 26.8 Å². The van der Waals surface area contributed by atoms with Crippen LogP contribution in [0.25, 0.3) is 0 Å². The zero-order chi connectivity index (χ0) is 25.4. The van der Waals surface area contributed by atoms with E-state index in [1.165, 1.54) is 24.4 Å². The minimum absolute atomic E-state index is 0.0339. The molecule has 3 rings (SSSR count). The highest BCUT2D eigenvalue weighted by Crippen LogP contribution is 2.35. The summed E-state index contributed by atoms with van der Waals surface area (Å²) in [5.74, 6) is -1.48. The summed E-state index contributed by atoms with van der Waals surface area (Å²) in [5.41, 5.74) is 1.43. The van der Waals surface area contributed by atoms with Crippen LogP contribution >= 0.6 is 43.5 Å². The maximum atomic E-state index is 13.5. The molecule has 1 aromatic heterocycles. The summed E-state index contributed by atoms with van der Waals surface area (Å²) < 4.78 is 41.3. The third kappa shape index (κ3) is 6.09. The molecule has 0 radical (unpaired) electrons. The first-order valence-corrected chi connectivity index (χ1v) is 11.7. The zero-order valence-corrected chi connectivity index (χ0v) is 21.9. The van der Waals surface area contributed by atoms with Gasteiger partial charge in [-0.2, -0.15) is 13.2 Å². The van der Waals surface area contributed by atoms with Crippen molar-refractivity contribution in [2.45, 2.75) is 38.5 Å². The van der Waals surface area contributed by atoms with Crippen molar-refractivity contribution < 1.29 is 22.8 Å². The van der Waals surface area contributed by atoms with E-state index < -0.39 is 29.6 Å². The first-order valence-electron chi connectivity index (χ1n) is 9.75. The van der Waals surface area contributed by atoms with Gasteiger partial charge in [-0.3, -0.25) is 14.6 Å². The monoisotopic (exact) mass is 623 g/mol. The molecule has 13 heteroatoms. The fourth-order valence-electron chi connectivity index (χ4n) is 3.01. The van der Waals surface area contributed by atoms with Crippen LogP contribution in [0, 0.1) is 0 Å². The van der Waals surface area contributed by atoms with Gasteiger partial charge in [-0.25, -0.2) is 10.4 Å². The number of carbonyl (C=O) groups is 2. The zero-order valence-electron chi connectivity index (χ0n) is 18.0. The number of hydrazine groups is 1. The molecular formula is C21H19Br2ClF3N5O2. The van der Waals surface area contributed by atoms with Gasteiger partial charge in [0.2, 0.25) is 0 Å². The van der Waals surface area contributed by atoms with E-state index in [1.807, 2.05) is 0 Å². The predicted molar refractivity (Wildman–Crippen MR) is 130 cm³/mol. The standard InChI is InChI=1S/C21H19Br2ClF3N5O2/c1-20(2,3)30-18(33)11-7-10(22)8-12(23)16(11)29-19(34)14-9-15(21(25,26)27)31-32(14)17-13(24)5-4-6-28-17/h4-9,15,31H,1-3H3,(H,29,34)(H,30,33). The van der Waals surface area contributed by atoms with Gasteiger partial charge in [-0.1, -0.05) is 27.5 Å². The number of benzene rings is 1. The Morgan fingerprint density at radius 1 is 1.18 bits per heavy atom. The second-order valence-electron chi connectivity index (χ2n) is 8.31. The number of rotatable bonds is 4. The maximum absolute atomic E-state index is 13.5. The molecule has 0 aliphatic carbocycles. The van der Waals surface area contributed by atoms with Crippen molar-refractivity contribution in [1.82, 2.24) is 15.7 Å². The lowest BCUT2D eigenvalue weighted by molar-refractivity contribution is -0.142. The van der Waals surface area contributed by atoms with Gasteiger partial charge >= 0.3 is 6.18 Å². The van der Waals surface area contributed by atoms with Crippen molar-refractivity contribution in [3.8, 4) is 0 Å². The number of nitrogens with one attached hydrogen (secondary N) is 3. The van der Waals surface area contributed by atoms with Gasteiger partial charge in [0.25, 0.3) is 11.8 Å². The Kier molecular flexibility index (Phi) is 7.66. The van der Waals surface area contributed by atoms with Crippen LogP contribution in [0.5, 0.6) is 0 Å². The summed E-state index contributed by atoms with van der Waals surface area (Å²) in [5, 5.41) is 6.25. The number of nitrogens with zero attached hydrogens (tertiary/aromatic N) is 2. The predicted octanol–water partition coefficient (Wildman–Crippen LogP) is 5.57. The van der Waals surface area contributed by atoms with Gasteiger partial charge in [0, 0.05) is 20.7 Å². The highest BCUT2D eigenvalue weighted by atomic mass is 79.9. The number of anilines is 2. The summed E-state index contributed by atoms with van der Waals surface area (Å²) in [6.07, 6.45) is -2.63. The van der Waals surface area contributed by atoms with Gasteiger partial charge in [-0.05, 0) is 67.0 Å². The van der Waals surface area contributed by atoms with Crippen molar-refractivity contribution in [2.75, 3.05) is 10.3 Å². The molecule has 182 valence electrons. The van der Waals surface area contributed by atoms with Crippen LogP contribution in [-0.4, -0.2) is 34.6 Å². The lowest BCUT2D eigenvalue weighted by atomic mass is 10.1. The van der Waals surface area contributed by atoms with E-state index in [2.05, 4.69) is 52.9 Å². The lowest BCUT2D eigenvalue weighted by Crippen LogP contribution is -2.46. The second-order valence-corrected chi connectivity index (χ2v) is 10.5. The minimum atomic E-state index is -4.68. The van der Waals surface area contributed by atoms with Gasteiger partial charge < -0.3 is 10.6 Å². The smallest absolute Gasteiger partial charge is 0.347 e. The molecule has 1 atom stereocenters. The Hall–Kier alpha value is -2.15. The number of halogens is 6. The van der Waals surface area contributed by atoms with Crippen LogP contribution in [-0.2, 0) is 4.79 Å². The Morgan fingerprint density at radius 2 is 1.85 bits per heavy atom. The Morgan fingerprint density at radius 3 is 2.44 bits per heavy atom. The number of pyridine rings is 1. The molecule has 1 aliphatic heterocycles. The summed E-state index contributed by atoms with van der Waals surface area (Å²) in [6.45, 7) is 5.37. The van der Waals surface area contributed by atoms with Crippen LogP contribution in [0.1, 0.15) is 31.1 Å². The Labute approximate surface area is 215 Å². The number of carbonyl (C=O) groups excluding carboxylic acids is 2. The summed E-state index contributed by atoms with van der Waals surface area (Å²) in [4.78, 5) is 30.1. The first kappa shape index (κ1) is 26.5. The van der Waals surface area contributed by atoms with E-state index in [0.717, 1.165) is 11.1 Å². The summed E-state index contributed by atoms with van der Waals surface area (Å²) in [7, 11) is 0. The van der Waals surface area contributed by atoms with Crippen LogP contribution in [0.2, 0.25) is 5.02 Å². The molecular weight excluding hydrogens is 607 g/mol. The molecule has 34 heavy (non-hydrogen) atoms. The molecule has 0 bridgehead atoms. The summed E-state index contributed by atoms with van der Waals surface area (Å²) >= 11 is 12.7. The van der Waals surface area contributed by atoms with Gasteiger partial charge in [-0.15, -0.1) is 0 Å². The van der Waals surface area contributed by atoms with E-state index in [9.17, 15) is 22.8 Å². The van der Waals surface area contributed by atoms with Crippen LogP contribution in [0.15, 0.2) is 51.2 Å². The number of alkyl halides is 3. The molecule has 0 fully saturated rings. The van der Waals surface area contributed by atoms with Crippen LogP contribution in [0.4, 0.5) is 24.7 Å². The van der Waals surface area contributed by atoms with Crippen LogP contribution in [0.3, 0.4) is 0 Å². The fourth-order valence-corrected chi connectivity index (χ4v) is 4.54. The molecule has 1 aliphatic rings. The molecule has 2 heterocycles. The molecule has 3 N–H and O–H groups in total. The van der Waals surface area contributed by atoms with E-state index in [4.69, 9.17) is 11.6 Å². The number of hydrogen-bond acceptors (Lipinski definition) is 5. The minimum Gasteiger partial charge on any atom is -0.347 e. The summed E-state index contributed by atoms with van der Waals surface area (Å²) in [6, 6.07) is 3.88. The van der Waals surface area contributed by atoms with E-state index >= 15 is 0 Å². The maximum Gasteiger partial charge on any atom is 0.409 e. The fraction of sp³-hybridized carbons (Fsp3) is 0.286. The Balaban J connectivity index is 2.01. The van der Waals surface area contributed by atoms with Gasteiger partial charge in [0.05, 0.1) is 16.3 Å². The molecule has 1 unspecified atom stereocenters. The molecule has 0 saturated heterocycles. The van der Waals surface area contributed by atoms with Crippen molar-refractivity contribution in [3.05, 3.63) is 61.8 Å². The SMILES string of the molecule is CC(C)(C)NC(=O)c1cc(Br)cc(Br)c1NC(=O)C1=CC(C(F)(F)F)NN1c1ncccc1Cl. The third-order valence-corrected chi connectivity index (χ3v) is 5.77. The molecule has 1 aromatic carbocycles. The highest BCUT2D eigenvalue weighted by Gasteiger charge is 2.45. The van der Waals surface area contributed by atoms with E-state index in [-0.39, 0.29) is 27.8 Å². The van der Waals surface area contributed by atoms with Crippen molar-refractivity contribution in [3.63, 3.8) is 0 Å². The number of hydrogen-bond donors (Lipinski definition) is 3. The van der Waals surface area contributed by atoms with Gasteiger partial charge in [0.1, 0.15) is 11.7 Å². The highest BCUT2D eigenvalue weighted by molar-refractivity contribution is 9.11. The van der Waals surface area contributed by atoms with Crippen molar-refractivity contribution in [1.29, 1.82) is 0 Å². The molecule has 2 amide bonds. The van der Waals surface area contributed by atoms with Crippen molar-refractivity contribution in [2.24, 2.45) is 0 Å². The molecule has 0 saturated carbocycles. The lowest BCUT2D eigenvalue weighted by Gasteiger charge is -2.25.